The Morgan fingerprint density at radius 1 is 1.28 bits per heavy atom. The van der Waals surface area contributed by atoms with Gasteiger partial charge < -0.3 is 15.0 Å². The van der Waals surface area contributed by atoms with Crippen LogP contribution in [-0.4, -0.2) is 43.1 Å². The minimum atomic E-state index is -4.40. The van der Waals surface area contributed by atoms with E-state index < -0.39 is 23.6 Å². The Morgan fingerprint density at radius 2 is 1.96 bits per heavy atom. The number of aromatic nitrogens is 1. The molecule has 2 rings (SSSR count). The lowest BCUT2D eigenvalue weighted by Gasteiger charge is -2.33. The van der Waals surface area contributed by atoms with E-state index in [-0.39, 0.29) is 6.04 Å². The number of amides is 1. The predicted octanol–water partition coefficient (Wildman–Crippen LogP) is 1.91. The van der Waals surface area contributed by atoms with Crippen LogP contribution in [0.3, 0.4) is 0 Å². The van der Waals surface area contributed by atoms with Gasteiger partial charge in [0, 0.05) is 37.5 Å². The molecule has 1 N–H and O–H groups in total. The maximum atomic E-state index is 12.5. The van der Waals surface area contributed by atoms with Crippen molar-refractivity contribution in [1.29, 1.82) is 0 Å². The first kappa shape index (κ1) is 18.8. The molecule has 1 aromatic heterocycles. The predicted molar refractivity (Wildman–Crippen MR) is 83.8 cm³/mol. The third kappa shape index (κ3) is 5.47. The maximum Gasteiger partial charge on any atom is 0.417 e. The molecule has 9 heteroatoms. The average Bonchev–Trinajstić information content (AvgIpc) is 2.59. The summed E-state index contributed by atoms with van der Waals surface area (Å²) in [6, 6.07) is 2.29. The second kappa shape index (κ2) is 8.00. The van der Waals surface area contributed by atoms with Gasteiger partial charge in [0.1, 0.15) is 5.82 Å². The summed E-state index contributed by atoms with van der Waals surface area (Å²) in [7, 11) is 1.22. The number of piperidine rings is 1. The van der Waals surface area contributed by atoms with Crippen LogP contribution >= 0.6 is 0 Å². The van der Waals surface area contributed by atoms with Crippen molar-refractivity contribution >= 4 is 17.7 Å². The van der Waals surface area contributed by atoms with Crippen LogP contribution in [0.4, 0.5) is 19.0 Å². The van der Waals surface area contributed by atoms with Crippen LogP contribution in [0.1, 0.15) is 18.4 Å². The van der Waals surface area contributed by atoms with Crippen molar-refractivity contribution in [2.75, 3.05) is 25.1 Å². The zero-order valence-electron chi connectivity index (χ0n) is 13.5. The fourth-order valence-electron chi connectivity index (χ4n) is 2.45. The number of halogens is 3. The van der Waals surface area contributed by atoms with Crippen LogP contribution < -0.4 is 10.2 Å². The first-order valence-corrected chi connectivity index (χ1v) is 7.64. The Kier molecular flexibility index (Phi) is 6.00. The van der Waals surface area contributed by atoms with Gasteiger partial charge in [-0.3, -0.25) is 4.79 Å². The summed E-state index contributed by atoms with van der Waals surface area (Å²) in [5, 5.41) is 2.77. The van der Waals surface area contributed by atoms with Gasteiger partial charge in [0.2, 0.25) is 5.91 Å². The molecular formula is C16H18F3N3O3. The van der Waals surface area contributed by atoms with E-state index in [9.17, 15) is 22.8 Å². The quantitative estimate of drug-likeness (QED) is 0.658. The lowest BCUT2D eigenvalue weighted by molar-refractivity contribution is -0.138. The van der Waals surface area contributed by atoms with E-state index >= 15 is 0 Å². The van der Waals surface area contributed by atoms with Gasteiger partial charge in [0.15, 0.2) is 0 Å². The maximum absolute atomic E-state index is 12.5. The molecule has 6 nitrogen and oxygen atoms in total. The number of esters is 1. The van der Waals surface area contributed by atoms with Crippen LogP contribution in [0.25, 0.3) is 0 Å². The molecule has 2 heterocycles. The van der Waals surface area contributed by atoms with Crippen molar-refractivity contribution in [1.82, 2.24) is 10.3 Å². The number of alkyl halides is 3. The Hall–Kier alpha value is -2.58. The molecule has 1 aliphatic rings. The zero-order chi connectivity index (χ0) is 18.4. The van der Waals surface area contributed by atoms with Crippen molar-refractivity contribution in [3.8, 4) is 0 Å². The molecule has 0 spiro atoms. The fourth-order valence-corrected chi connectivity index (χ4v) is 2.45. The Bertz CT molecular complexity index is 636. The highest BCUT2D eigenvalue weighted by Crippen LogP contribution is 2.29. The Morgan fingerprint density at radius 3 is 2.48 bits per heavy atom. The fraction of sp³-hybridized carbons (Fsp3) is 0.438. The van der Waals surface area contributed by atoms with Crippen LogP contribution in [-0.2, 0) is 20.5 Å². The van der Waals surface area contributed by atoms with Gasteiger partial charge in [-0.15, -0.1) is 0 Å². The van der Waals surface area contributed by atoms with Gasteiger partial charge in [0.25, 0.3) is 0 Å². The average molecular weight is 357 g/mol. The SMILES string of the molecule is COC(=O)/C=C/C(=O)NC1CCN(c2ccc(C(F)(F)F)cn2)CC1. The van der Waals surface area contributed by atoms with Crippen LogP contribution in [0.15, 0.2) is 30.5 Å². The first-order chi connectivity index (χ1) is 11.8. The molecule has 0 aromatic carbocycles. The van der Waals surface area contributed by atoms with E-state index in [1.165, 1.54) is 13.2 Å². The highest BCUT2D eigenvalue weighted by Gasteiger charge is 2.31. The van der Waals surface area contributed by atoms with Crippen molar-refractivity contribution < 1.29 is 27.5 Å². The number of pyridine rings is 1. The number of ether oxygens (including phenoxy) is 1. The number of methoxy groups -OCH3 is 1. The van der Waals surface area contributed by atoms with Crippen LogP contribution in [0.2, 0.25) is 0 Å². The largest absolute Gasteiger partial charge is 0.466 e. The molecule has 0 aliphatic carbocycles. The van der Waals surface area contributed by atoms with Crippen molar-refractivity contribution in [3.63, 3.8) is 0 Å². The molecule has 1 aromatic rings. The molecule has 1 fully saturated rings. The van der Waals surface area contributed by atoms with Crippen LogP contribution in [0, 0.1) is 0 Å². The van der Waals surface area contributed by atoms with Gasteiger partial charge in [0.05, 0.1) is 12.7 Å². The van der Waals surface area contributed by atoms with Gasteiger partial charge in [-0.1, -0.05) is 0 Å². The molecule has 1 saturated heterocycles. The number of rotatable bonds is 4. The standard InChI is InChI=1S/C16H18F3N3O3/c1-25-15(24)5-4-14(23)21-12-6-8-22(9-7-12)13-3-2-11(10-20-13)16(17,18)19/h2-5,10,12H,6-9H2,1H3,(H,21,23)/b5-4+. The van der Waals surface area contributed by atoms with Crippen molar-refractivity contribution in [3.05, 3.63) is 36.0 Å². The highest BCUT2D eigenvalue weighted by molar-refractivity contribution is 5.94. The van der Waals surface area contributed by atoms with E-state index in [1.807, 2.05) is 4.90 Å². The summed E-state index contributed by atoms with van der Waals surface area (Å²) in [4.78, 5) is 28.3. The summed E-state index contributed by atoms with van der Waals surface area (Å²) in [5.74, 6) is -0.529. The summed E-state index contributed by atoms with van der Waals surface area (Å²) in [6.45, 7) is 1.12. The van der Waals surface area contributed by atoms with Gasteiger partial charge >= 0.3 is 12.1 Å². The number of hydrogen-bond acceptors (Lipinski definition) is 5. The molecule has 1 amide bonds. The smallest absolute Gasteiger partial charge is 0.417 e. The molecule has 0 radical (unpaired) electrons. The lowest BCUT2D eigenvalue weighted by atomic mass is 10.0. The number of carbonyl (C=O) groups excluding carboxylic acids is 2. The molecule has 25 heavy (non-hydrogen) atoms. The van der Waals surface area contributed by atoms with Gasteiger partial charge in [-0.25, -0.2) is 9.78 Å². The molecule has 0 bridgehead atoms. The van der Waals surface area contributed by atoms with Gasteiger partial charge in [-0.2, -0.15) is 13.2 Å². The summed E-state index contributed by atoms with van der Waals surface area (Å²) in [5.41, 5.74) is -0.782. The third-order valence-corrected chi connectivity index (χ3v) is 3.81. The van der Waals surface area contributed by atoms with E-state index in [1.54, 1.807) is 0 Å². The minimum absolute atomic E-state index is 0.0690. The summed E-state index contributed by atoms with van der Waals surface area (Å²) >= 11 is 0. The molecule has 136 valence electrons. The number of carbonyl (C=O) groups is 2. The zero-order valence-corrected chi connectivity index (χ0v) is 13.5. The van der Waals surface area contributed by atoms with Crippen molar-refractivity contribution in [2.45, 2.75) is 25.1 Å². The summed E-state index contributed by atoms with van der Waals surface area (Å²) < 4.78 is 42.0. The molecule has 0 saturated carbocycles. The molecular weight excluding hydrogens is 339 g/mol. The van der Waals surface area contributed by atoms with E-state index in [0.29, 0.717) is 31.7 Å². The first-order valence-electron chi connectivity index (χ1n) is 7.64. The third-order valence-electron chi connectivity index (χ3n) is 3.81. The number of hydrogen-bond donors (Lipinski definition) is 1. The lowest BCUT2D eigenvalue weighted by Crippen LogP contribution is -2.44. The molecule has 1 aliphatic heterocycles. The second-order valence-electron chi connectivity index (χ2n) is 5.53. The summed E-state index contributed by atoms with van der Waals surface area (Å²) in [6.07, 6.45) is -0.186. The van der Waals surface area contributed by atoms with Crippen LogP contribution in [0.5, 0.6) is 0 Å². The number of nitrogens with zero attached hydrogens (tertiary/aromatic N) is 2. The van der Waals surface area contributed by atoms with E-state index in [4.69, 9.17) is 0 Å². The minimum Gasteiger partial charge on any atom is -0.466 e. The Labute approximate surface area is 142 Å². The van der Waals surface area contributed by atoms with Crippen molar-refractivity contribution in [2.24, 2.45) is 0 Å². The highest BCUT2D eigenvalue weighted by atomic mass is 19.4. The Balaban J connectivity index is 1.84. The monoisotopic (exact) mass is 357 g/mol. The second-order valence-corrected chi connectivity index (χ2v) is 5.53. The number of nitrogens with one attached hydrogen (secondary N) is 1. The normalized spacial score (nSPS) is 16.1. The topological polar surface area (TPSA) is 71.5 Å². The number of anilines is 1. The van der Waals surface area contributed by atoms with E-state index in [0.717, 1.165) is 24.4 Å². The molecule has 0 atom stereocenters. The van der Waals surface area contributed by atoms with E-state index in [2.05, 4.69) is 15.0 Å². The molecule has 0 unspecified atom stereocenters. The van der Waals surface area contributed by atoms with Gasteiger partial charge in [-0.05, 0) is 25.0 Å².